The number of ether oxygens (including phenoxy) is 1. The molecule has 1 saturated heterocycles. The van der Waals surface area contributed by atoms with Gasteiger partial charge in [0, 0.05) is 31.1 Å². The summed E-state index contributed by atoms with van der Waals surface area (Å²) in [5.41, 5.74) is 2.18. The fourth-order valence-corrected chi connectivity index (χ4v) is 3.39. The van der Waals surface area contributed by atoms with E-state index in [2.05, 4.69) is 17.0 Å². The zero-order valence-corrected chi connectivity index (χ0v) is 12.7. The Balaban J connectivity index is 1.59. The highest BCUT2D eigenvalue weighted by molar-refractivity contribution is 5.97. The monoisotopic (exact) mass is 287 g/mol. The number of hydrogen-bond donors (Lipinski definition) is 0. The van der Waals surface area contributed by atoms with Gasteiger partial charge in [-0.3, -0.25) is 9.69 Å². The topological polar surface area (TPSA) is 29.5 Å². The van der Waals surface area contributed by atoms with Gasteiger partial charge < -0.3 is 4.74 Å². The summed E-state index contributed by atoms with van der Waals surface area (Å²) in [6.45, 7) is 4.63. The van der Waals surface area contributed by atoms with Crippen LogP contribution in [0.3, 0.4) is 0 Å². The van der Waals surface area contributed by atoms with Gasteiger partial charge in [-0.15, -0.1) is 0 Å². The zero-order chi connectivity index (χ0) is 14.5. The predicted molar refractivity (Wildman–Crippen MR) is 83.4 cm³/mol. The fraction of sp³-hybridized carbons (Fsp3) is 0.611. The average Bonchev–Trinajstić information content (AvgIpc) is 2.57. The molecule has 1 aromatic carbocycles. The van der Waals surface area contributed by atoms with Gasteiger partial charge in [0.2, 0.25) is 0 Å². The van der Waals surface area contributed by atoms with Gasteiger partial charge in [0.15, 0.2) is 5.78 Å². The van der Waals surface area contributed by atoms with E-state index in [1.807, 2.05) is 12.1 Å². The molecule has 3 nitrogen and oxygen atoms in total. The standard InChI is InChI=1S/C18H25NO2/c20-18(16-4-2-1-3-5-16)17-8-6-15(7-9-17)14-19-10-12-21-13-11-19/h6-9,16H,1-5,10-14H2. The van der Waals surface area contributed by atoms with E-state index in [-0.39, 0.29) is 5.92 Å². The van der Waals surface area contributed by atoms with Crippen molar-refractivity contribution in [2.45, 2.75) is 38.6 Å². The summed E-state index contributed by atoms with van der Waals surface area (Å²) in [6, 6.07) is 8.27. The molecule has 0 bridgehead atoms. The van der Waals surface area contributed by atoms with Crippen LogP contribution in [0.4, 0.5) is 0 Å². The molecule has 2 aliphatic rings. The Morgan fingerprint density at radius 1 is 1.05 bits per heavy atom. The van der Waals surface area contributed by atoms with Crippen LogP contribution in [0, 0.1) is 5.92 Å². The van der Waals surface area contributed by atoms with Crippen molar-refractivity contribution >= 4 is 5.78 Å². The molecule has 3 rings (SSSR count). The Hall–Kier alpha value is -1.19. The van der Waals surface area contributed by atoms with Gasteiger partial charge >= 0.3 is 0 Å². The number of Topliss-reactive ketones (excluding diaryl/α,β-unsaturated/α-hetero) is 1. The molecule has 0 amide bonds. The first-order chi connectivity index (χ1) is 10.3. The van der Waals surface area contributed by atoms with Crippen LogP contribution < -0.4 is 0 Å². The van der Waals surface area contributed by atoms with Crippen LogP contribution >= 0.6 is 0 Å². The Morgan fingerprint density at radius 2 is 1.71 bits per heavy atom. The maximum absolute atomic E-state index is 12.5. The van der Waals surface area contributed by atoms with Crippen LogP contribution in [0.2, 0.25) is 0 Å². The Morgan fingerprint density at radius 3 is 2.38 bits per heavy atom. The van der Waals surface area contributed by atoms with E-state index in [0.717, 1.165) is 51.3 Å². The molecule has 1 aliphatic heterocycles. The molecule has 0 radical (unpaired) electrons. The van der Waals surface area contributed by atoms with Crippen molar-refractivity contribution in [3.63, 3.8) is 0 Å². The predicted octanol–water partition coefficient (Wildman–Crippen LogP) is 3.28. The van der Waals surface area contributed by atoms with Crippen molar-refractivity contribution in [3.8, 4) is 0 Å². The highest BCUT2D eigenvalue weighted by Gasteiger charge is 2.22. The molecule has 0 spiro atoms. The molecular formula is C18H25NO2. The van der Waals surface area contributed by atoms with E-state index in [1.54, 1.807) is 0 Å². The van der Waals surface area contributed by atoms with Crippen molar-refractivity contribution in [2.24, 2.45) is 5.92 Å². The average molecular weight is 287 g/mol. The SMILES string of the molecule is O=C(c1ccc(CN2CCOCC2)cc1)C1CCCCC1. The number of nitrogens with zero attached hydrogens (tertiary/aromatic N) is 1. The second-order valence-electron chi connectivity index (χ2n) is 6.28. The van der Waals surface area contributed by atoms with E-state index in [4.69, 9.17) is 4.74 Å². The number of carbonyl (C=O) groups is 1. The summed E-state index contributed by atoms with van der Waals surface area (Å²) in [6.07, 6.45) is 5.88. The Bertz CT molecular complexity index is 457. The smallest absolute Gasteiger partial charge is 0.165 e. The molecule has 0 aromatic heterocycles. The normalized spacial score (nSPS) is 21.3. The summed E-state index contributed by atoms with van der Waals surface area (Å²) in [5.74, 6) is 0.622. The van der Waals surface area contributed by atoms with E-state index < -0.39 is 0 Å². The minimum Gasteiger partial charge on any atom is -0.379 e. The number of morpholine rings is 1. The van der Waals surface area contributed by atoms with Gasteiger partial charge in [-0.2, -0.15) is 0 Å². The number of benzene rings is 1. The van der Waals surface area contributed by atoms with Crippen LogP contribution in [-0.4, -0.2) is 37.0 Å². The molecule has 114 valence electrons. The number of rotatable bonds is 4. The van der Waals surface area contributed by atoms with E-state index in [1.165, 1.54) is 24.8 Å². The van der Waals surface area contributed by atoms with E-state index in [0.29, 0.717) is 5.78 Å². The van der Waals surface area contributed by atoms with Gasteiger partial charge in [0.1, 0.15) is 0 Å². The van der Waals surface area contributed by atoms with Crippen LogP contribution in [-0.2, 0) is 11.3 Å². The highest BCUT2D eigenvalue weighted by Crippen LogP contribution is 2.27. The van der Waals surface area contributed by atoms with Gasteiger partial charge in [-0.1, -0.05) is 43.5 Å². The lowest BCUT2D eigenvalue weighted by atomic mass is 9.84. The third-order valence-corrected chi connectivity index (χ3v) is 4.72. The second-order valence-corrected chi connectivity index (χ2v) is 6.28. The lowest BCUT2D eigenvalue weighted by Crippen LogP contribution is -2.35. The fourth-order valence-electron chi connectivity index (χ4n) is 3.39. The molecule has 1 aromatic rings. The van der Waals surface area contributed by atoms with Crippen LogP contribution in [0.5, 0.6) is 0 Å². The summed E-state index contributed by atoms with van der Waals surface area (Å²) in [5, 5.41) is 0. The molecule has 0 atom stereocenters. The summed E-state index contributed by atoms with van der Waals surface area (Å²) in [4.78, 5) is 14.9. The van der Waals surface area contributed by atoms with Crippen molar-refractivity contribution in [1.82, 2.24) is 4.90 Å². The van der Waals surface area contributed by atoms with Crippen LogP contribution in [0.15, 0.2) is 24.3 Å². The lowest BCUT2D eigenvalue weighted by Gasteiger charge is -2.26. The second kappa shape index (κ2) is 7.19. The molecule has 2 fully saturated rings. The molecule has 0 N–H and O–H groups in total. The van der Waals surface area contributed by atoms with Crippen molar-refractivity contribution in [1.29, 1.82) is 0 Å². The summed E-state index contributed by atoms with van der Waals surface area (Å²) >= 11 is 0. The molecule has 1 saturated carbocycles. The Kier molecular flexibility index (Phi) is 5.04. The first-order valence-electron chi connectivity index (χ1n) is 8.26. The van der Waals surface area contributed by atoms with E-state index >= 15 is 0 Å². The van der Waals surface area contributed by atoms with Crippen molar-refractivity contribution in [2.75, 3.05) is 26.3 Å². The zero-order valence-electron chi connectivity index (χ0n) is 12.7. The largest absolute Gasteiger partial charge is 0.379 e. The summed E-state index contributed by atoms with van der Waals surface area (Å²) < 4.78 is 5.37. The van der Waals surface area contributed by atoms with E-state index in [9.17, 15) is 4.79 Å². The molecule has 1 heterocycles. The van der Waals surface area contributed by atoms with Crippen LogP contribution in [0.25, 0.3) is 0 Å². The van der Waals surface area contributed by atoms with Crippen molar-refractivity contribution in [3.05, 3.63) is 35.4 Å². The summed E-state index contributed by atoms with van der Waals surface area (Å²) in [7, 11) is 0. The van der Waals surface area contributed by atoms with Gasteiger partial charge in [0.25, 0.3) is 0 Å². The number of ketones is 1. The third kappa shape index (κ3) is 3.92. The maximum atomic E-state index is 12.5. The van der Waals surface area contributed by atoms with Crippen molar-refractivity contribution < 1.29 is 9.53 Å². The first kappa shape index (κ1) is 14.7. The minimum absolute atomic E-state index is 0.267. The third-order valence-electron chi connectivity index (χ3n) is 4.72. The molecule has 21 heavy (non-hydrogen) atoms. The minimum atomic E-state index is 0.267. The maximum Gasteiger partial charge on any atom is 0.165 e. The highest BCUT2D eigenvalue weighted by atomic mass is 16.5. The quantitative estimate of drug-likeness (QED) is 0.796. The first-order valence-corrected chi connectivity index (χ1v) is 8.26. The molecule has 0 unspecified atom stereocenters. The van der Waals surface area contributed by atoms with Gasteiger partial charge in [-0.25, -0.2) is 0 Å². The molecule has 1 aliphatic carbocycles. The Labute approximate surface area is 127 Å². The number of hydrogen-bond acceptors (Lipinski definition) is 3. The molecular weight excluding hydrogens is 262 g/mol. The van der Waals surface area contributed by atoms with Gasteiger partial charge in [0.05, 0.1) is 13.2 Å². The number of carbonyl (C=O) groups excluding carboxylic acids is 1. The lowest BCUT2D eigenvalue weighted by molar-refractivity contribution is 0.0342. The van der Waals surface area contributed by atoms with Crippen LogP contribution in [0.1, 0.15) is 48.0 Å². The van der Waals surface area contributed by atoms with Gasteiger partial charge in [-0.05, 0) is 18.4 Å². The molecule has 3 heteroatoms.